The molecule has 150 valence electrons. The van der Waals surface area contributed by atoms with Gasteiger partial charge in [0, 0.05) is 32.4 Å². The molecule has 0 N–H and O–H groups in total. The van der Waals surface area contributed by atoms with Crippen molar-refractivity contribution in [1.82, 2.24) is 19.6 Å². The molecule has 0 saturated carbocycles. The molecule has 0 bridgehead atoms. The van der Waals surface area contributed by atoms with Crippen molar-refractivity contribution in [2.45, 2.75) is 25.8 Å². The van der Waals surface area contributed by atoms with Crippen LogP contribution in [-0.2, 0) is 0 Å². The lowest BCUT2D eigenvalue weighted by atomic mass is 10.1. The van der Waals surface area contributed by atoms with E-state index in [9.17, 15) is 5.26 Å². The Bertz CT molecular complexity index is 1260. The fourth-order valence-corrected chi connectivity index (χ4v) is 4.53. The highest BCUT2D eigenvalue weighted by molar-refractivity contribution is 5.85. The number of benzene rings is 1. The highest BCUT2D eigenvalue weighted by atomic mass is 15.3. The van der Waals surface area contributed by atoms with E-state index in [2.05, 4.69) is 49.6 Å². The van der Waals surface area contributed by atoms with Crippen LogP contribution in [0.15, 0.2) is 48.7 Å². The van der Waals surface area contributed by atoms with Crippen LogP contribution in [0, 0.1) is 18.3 Å². The molecule has 4 aromatic rings. The van der Waals surface area contributed by atoms with Gasteiger partial charge >= 0.3 is 0 Å². The summed E-state index contributed by atoms with van der Waals surface area (Å²) < 4.78 is 2.11. The van der Waals surface area contributed by atoms with E-state index in [-0.39, 0.29) is 0 Å². The van der Waals surface area contributed by atoms with Gasteiger partial charge in [-0.2, -0.15) is 10.4 Å². The van der Waals surface area contributed by atoms with Crippen LogP contribution in [0.4, 0.5) is 11.6 Å². The van der Waals surface area contributed by atoms with Crippen molar-refractivity contribution < 1.29 is 0 Å². The zero-order valence-electron chi connectivity index (χ0n) is 17.2. The van der Waals surface area contributed by atoms with Gasteiger partial charge in [-0.1, -0.05) is 12.1 Å². The topological polar surface area (TPSA) is 73.3 Å². The Morgan fingerprint density at radius 2 is 2.10 bits per heavy atom. The van der Waals surface area contributed by atoms with Crippen molar-refractivity contribution in [2.75, 3.05) is 29.9 Å². The van der Waals surface area contributed by atoms with Crippen LogP contribution in [0.25, 0.3) is 16.7 Å². The maximum absolute atomic E-state index is 9.73. The molecule has 0 amide bonds. The van der Waals surface area contributed by atoms with Crippen LogP contribution in [0.2, 0.25) is 0 Å². The van der Waals surface area contributed by atoms with Crippen LogP contribution >= 0.6 is 0 Å². The summed E-state index contributed by atoms with van der Waals surface area (Å²) in [6, 6.07) is 16.8. The van der Waals surface area contributed by atoms with Crippen LogP contribution < -0.4 is 9.80 Å². The quantitative estimate of drug-likeness (QED) is 0.524. The first kappa shape index (κ1) is 18.4. The minimum atomic E-state index is 0.354. The second-order valence-electron chi connectivity index (χ2n) is 7.88. The highest BCUT2D eigenvalue weighted by Crippen LogP contribution is 2.30. The van der Waals surface area contributed by atoms with Crippen LogP contribution in [0.1, 0.15) is 24.0 Å². The number of pyridine rings is 1. The first-order valence-corrected chi connectivity index (χ1v) is 10.2. The Balaban J connectivity index is 1.57. The molecule has 1 aliphatic heterocycles. The number of anilines is 2. The van der Waals surface area contributed by atoms with Gasteiger partial charge in [-0.25, -0.2) is 4.98 Å². The summed E-state index contributed by atoms with van der Waals surface area (Å²) in [4.78, 5) is 9.39. The summed E-state index contributed by atoms with van der Waals surface area (Å²) in [6.45, 7) is 3.83. The predicted octanol–water partition coefficient (Wildman–Crippen LogP) is 3.56. The average Bonchev–Trinajstić information content (AvgIpc) is 3.38. The van der Waals surface area contributed by atoms with Gasteiger partial charge < -0.3 is 9.80 Å². The molecule has 1 aromatic carbocycles. The van der Waals surface area contributed by atoms with Crippen LogP contribution in [0.3, 0.4) is 0 Å². The van der Waals surface area contributed by atoms with Gasteiger partial charge in [0.15, 0.2) is 11.5 Å². The van der Waals surface area contributed by atoms with Gasteiger partial charge in [0.05, 0.1) is 16.6 Å². The molecule has 30 heavy (non-hydrogen) atoms. The molecule has 0 spiro atoms. The molecule has 1 saturated heterocycles. The number of hydrogen-bond acceptors (Lipinski definition) is 6. The summed E-state index contributed by atoms with van der Waals surface area (Å²) in [7, 11) is 2.11. The Labute approximate surface area is 175 Å². The number of fused-ring (bicyclic) bond motifs is 3. The van der Waals surface area contributed by atoms with Crippen LogP contribution in [-0.4, -0.2) is 45.8 Å². The Hall–Kier alpha value is -3.66. The van der Waals surface area contributed by atoms with Gasteiger partial charge in [0.1, 0.15) is 11.9 Å². The first-order chi connectivity index (χ1) is 14.7. The number of likely N-dealkylation sites (N-methyl/N-ethyl adjacent to an activating group) is 1. The van der Waals surface area contributed by atoms with E-state index in [0.717, 1.165) is 59.8 Å². The molecule has 1 aliphatic rings. The van der Waals surface area contributed by atoms with E-state index in [1.807, 2.05) is 37.3 Å². The third kappa shape index (κ3) is 2.92. The molecule has 0 radical (unpaired) electrons. The van der Waals surface area contributed by atoms with Gasteiger partial charge in [-0.3, -0.25) is 4.40 Å². The van der Waals surface area contributed by atoms with E-state index in [1.54, 1.807) is 6.20 Å². The number of aryl methyl sites for hydroxylation is 1. The molecule has 5 rings (SSSR count). The fourth-order valence-electron chi connectivity index (χ4n) is 4.53. The lowest BCUT2D eigenvalue weighted by Gasteiger charge is -2.31. The van der Waals surface area contributed by atoms with Gasteiger partial charge in [-0.05, 0) is 55.7 Å². The van der Waals surface area contributed by atoms with Gasteiger partial charge in [0.2, 0.25) is 0 Å². The zero-order valence-corrected chi connectivity index (χ0v) is 17.2. The van der Waals surface area contributed by atoms with Crippen molar-refractivity contribution in [1.29, 1.82) is 5.26 Å². The molecule has 7 nitrogen and oxygen atoms in total. The third-order valence-electron chi connectivity index (χ3n) is 5.97. The minimum Gasteiger partial charge on any atom is -0.359 e. The zero-order chi connectivity index (χ0) is 20.7. The van der Waals surface area contributed by atoms with E-state index in [1.165, 1.54) is 0 Å². The van der Waals surface area contributed by atoms with Crippen molar-refractivity contribution >= 4 is 28.3 Å². The molecule has 4 heterocycles. The Morgan fingerprint density at radius 3 is 2.90 bits per heavy atom. The standard InChI is InChI=1S/C23H23N7/c1-16-13-22(30-20-9-4-3-8-19(20)26-23(30)18(16)14-24)28(2)15-17-7-6-12-29(17)21-10-5-11-25-27-21/h3-5,8-11,13,17H,6-7,12,15H2,1-2H3. The smallest absolute Gasteiger partial charge is 0.157 e. The number of nitriles is 1. The normalized spacial score (nSPS) is 16.3. The number of nitrogens with zero attached hydrogens (tertiary/aromatic N) is 7. The number of para-hydroxylation sites is 2. The average molecular weight is 397 g/mol. The van der Waals surface area contributed by atoms with E-state index in [0.29, 0.717) is 11.6 Å². The summed E-state index contributed by atoms with van der Waals surface area (Å²) >= 11 is 0. The van der Waals surface area contributed by atoms with Crippen molar-refractivity contribution in [3.63, 3.8) is 0 Å². The van der Waals surface area contributed by atoms with Gasteiger partial charge in [0.25, 0.3) is 0 Å². The second kappa shape index (κ2) is 7.30. The summed E-state index contributed by atoms with van der Waals surface area (Å²) in [6.07, 6.45) is 3.97. The summed E-state index contributed by atoms with van der Waals surface area (Å²) in [5.74, 6) is 1.98. The van der Waals surface area contributed by atoms with E-state index in [4.69, 9.17) is 4.98 Å². The van der Waals surface area contributed by atoms with Gasteiger partial charge in [-0.15, -0.1) is 5.10 Å². The highest BCUT2D eigenvalue weighted by Gasteiger charge is 2.28. The minimum absolute atomic E-state index is 0.354. The molecule has 1 unspecified atom stereocenters. The number of rotatable bonds is 4. The van der Waals surface area contributed by atoms with Crippen molar-refractivity contribution in [2.24, 2.45) is 0 Å². The number of hydrogen-bond donors (Lipinski definition) is 0. The number of imidazole rings is 1. The molecular formula is C23H23N7. The Kier molecular flexibility index (Phi) is 4.47. The monoisotopic (exact) mass is 397 g/mol. The van der Waals surface area contributed by atoms with Crippen molar-refractivity contribution in [3.8, 4) is 6.07 Å². The predicted molar refractivity (Wildman–Crippen MR) is 118 cm³/mol. The van der Waals surface area contributed by atoms with Crippen LogP contribution in [0.5, 0.6) is 0 Å². The lowest BCUT2D eigenvalue weighted by Crippen LogP contribution is -2.40. The van der Waals surface area contributed by atoms with E-state index < -0.39 is 0 Å². The Morgan fingerprint density at radius 1 is 1.23 bits per heavy atom. The lowest BCUT2D eigenvalue weighted by molar-refractivity contribution is 0.642. The molecule has 1 fully saturated rings. The largest absolute Gasteiger partial charge is 0.359 e. The molecule has 1 atom stereocenters. The third-order valence-corrected chi connectivity index (χ3v) is 5.97. The fraction of sp³-hybridized carbons (Fsp3) is 0.304. The first-order valence-electron chi connectivity index (χ1n) is 10.2. The summed E-state index contributed by atoms with van der Waals surface area (Å²) in [5, 5.41) is 18.1. The molecule has 0 aliphatic carbocycles. The maximum atomic E-state index is 9.73. The van der Waals surface area contributed by atoms with Crippen molar-refractivity contribution in [3.05, 3.63) is 59.8 Å². The number of aromatic nitrogens is 4. The molecule has 3 aromatic heterocycles. The second-order valence-corrected chi connectivity index (χ2v) is 7.88. The SMILES string of the molecule is Cc1cc(N(C)CC2CCCN2c2cccnn2)n2c(nc3ccccc32)c1C#N. The molecular weight excluding hydrogens is 374 g/mol. The molecule has 7 heteroatoms. The summed E-state index contributed by atoms with van der Waals surface area (Å²) in [5.41, 5.74) is 4.21. The maximum Gasteiger partial charge on any atom is 0.157 e. The van der Waals surface area contributed by atoms with E-state index >= 15 is 0 Å².